The minimum Gasteiger partial charge on any atom is -0.478 e. The number of carboxylic acids is 1. The molecule has 0 radical (unpaired) electrons. The molecule has 0 spiro atoms. The van der Waals surface area contributed by atoms with Gasteiger partial charge in [0, 0.05) is 18.8 Å². The Morgan fingerprint density at radius 2 is 2.22 bits per heavy atom. The fourth-order valence-corrected chi connectivity index (χ4v) is 1.60. The highest BCUT2D eigenvalue weighted by Gasteiger charge is 2.14. The summed E-state index contributed by atoms with van der Waals surface area (Å²) in [6, 6.07) is 6.08. The van der Waals surface area contributed by atoms with Crippen molar-refractivity contribution in [2.24, 2.45) is 4.99 Å². The van der Waals surface area contributed by atoms with E-state index in [1.807, 2.05) is 0 Å². The van der Waals surface area contributed by atoms with Crippen LogP contribution in [0.4, 0.5) is 5.69 Å². The van der Waals surface area contributed by atoms with Crippen LogP contribution >= 0.6 is 0 Å². The molecule has 0 aromatic heterocycles. The van der Waals surface area contributed by atoms with Crippen LogP contribution in [0.1, 0.15) is 16.8 Å². The van der Waals surface area contributed by atoms with E-state index in [2.05, 4.69) is 15.6 Å². The number of aliphatic imine (C=N–C) groups is 1. The monoisotopic (exact) mass is 247 g/mol. The summed E-state index contributed by atoms with van der Waals surface area (Å²) >= 11 is 0. The average molecular weight is 247 g/mol. The summed E-state index contributed by atoms with van der Waals surface area (Å²) in [6.45, 7) is 1.35. The molecule has 0 saturated heterocycles. The molecule has 2 rings (SSSR count). The second-order valence-corrected chi connectivity index (χ2v) is 3.85. The third-order valence-corrected chi connectivity index (χ3v) is 2.48. The molecule has 0 aliphatic carbocycles. The number of benzene rings is 1. The van der Waals surface area contributed by atoms with Gasteiger partial charge in [-0.2, -0.15) is 0 Å². The number of amides is 1. The third kappa shape index (κ3) is 2.85. The standard InChI is InChI=1S/C12H13N3O3/c16-11(10-13-5-2-6-14-10)15-9-4-1-3-8(7-9)12(17)18/h1,3-4,7H,2,5-6H2,(H,13,14)(H,15,16)(H,17,18). The normalized spacial score (nSPS) is 14.3. The third-order valence-electron chi connectivity index (χ3n) is 2.48. The smallest absolute Gasteiger partial charge is 0.335 e. The van der Waals surface area contributed by atoms with Gasteiger partial charge in [0.1, 0.15) is 0 Å². The predicted octanol–water partition coefficient (Wildman–Crippen LogP) is 0.715. The fraction of sp³-hybridized carbons (Fsp3) is 0.250. The van der Waals surface area contributed by atoms with E-state index in [0.29, 0.717) is 18.1 Å². The summed E-state index contributed by atoms with van der Waals surface area (Å²) in [4.78, 5) is 26.6. The van der Waals surface area contributed by atoms with Crippen LogP contribution in [0.5, 0.6) is 0 Å². The quantitative estimate of drug-likeness (QED) is 0.733. The highest BCUT2D eigenvalue weighted by Crippen LogP contribution is 2.10. The van der Waals surface area contributed by atoms with Crippen molar-refractivity contribution in [1.29, 1.82) is 0 Å². The van der Waals surface area contributed by atoms with Crippen LogP contribution in [0.25, 0.3) is 0 Å². The van der Waals surface area contributed by atoms with Gasteiger partial charge in [-0.15, -0.1) is 0 Å². The Kier molecular flexibility index (Phi) is 3.57. The fourth-order valence-electron chi connectivity index (χ4n) is 1.60. The number of nitrogens with one attached hydrogen (secondary N) is 2. The average Bonchev–Trinajstić information content (AvgIpc) is 2.40. The lowest BCUT2D eigenvalue weighted by Gasteiger charge is -2.14. The summed E-state index contributed by atoms with van der Waals surface area (Å²) in [5, 5.41) is 14.4. The number of carbonyl (C=O) groups is 2. The summed E-state index contributed by atoms with van der Waals surface area (Å²) in [7, 11) is 0. The van der Waals surface area contributed by atoms with E-state index < -0.39 is 5.97 Å². The molecule has 18 heavy (non-hydrogen) atoms. The van der Waals surface area contributed by atoms with Crippen molar-refractivity contribution in [1.82, 2.24) is 5.32 Å². The van der Waals surface area contributed by atoms with Gasteiger partial charge in [0.15, 0.2) is 5.84 Å². The summed E-state index contributed by atoms with van der Waals surface area (Å²) in [6.07, 6.45) is 0.908. The number of hydrogen-bond acceptors (Lipinski definition) is 4. The van der Waals surface area contributed by atoms with Gasteiger partial charge < -0.3 is 15.7 Å². The number of nitrogens with zero attached hydrogens (tertiary/aromatic N) is 1. The molecular weight excluding hydrogens is 234 g/mol. The van der Waals surface area contributed by atoms with Crippen LogP contribution < -0.4 is 10.6 Å². The number of aromatic carboxylic acids is 1. The molecule has 1 heterocycles. The van der Waals surface area contributed by atoms with E-state index in [0.717, 1.165) is 13.0 Å². The number of hydrogen-bond donors (Lipinski definition) is 3. The molecule has 1 aliphatic rings. The van der Waals surface area contributed by atoms with Crippen LogP contribution in [-0.4, -0.2) is 35.9 Å². The maximum absolute atomic E-state index is 11.8. The van der Waals surface area contributed by atoms with Gasteiger partial charge in [0.05, 0.1) is 5.56 Å². The van der Waals surface area contributed by atoms with Gasteiger partial charge in [-0.25, -0.2) is 4.79 Å². The Morgan fingerprint density at radius 3 is 2.89 bits per heavy atom. The maximum Gasteiger partial charge on any atom is 0.335 e. The van der Waals surface area contributed by atoms with Crippen molar-refractivity contribution in [2.45, 2.75) is 6.42 Å². The largest absolute Gasteiger partial charge is 0.478 e. The van der Waals surface area contributed by atoms with Gasteiger partial charge in [-0.3, -0.25) is 9.79 Å². The van der Waals surface area contributed by atoms with Crippen LogP contribution in [0.3, 0.4) is 0 Å². The Hall–Kier alpha value is -2.37. The molecular formula is C12H13N3O3. The van der Waals surface area contributed by atoms with Crippen LogP contribution in [0.15, 0.2) is 29.3 Å². The first-order chi connectivity index (χ1) is 8.66. The van der Waals surface area contributed by atoms with Gasteiger partial charge >= 0.3 is 5.97 Å². The Labute approximate surface area is 104 Å². The van der Waals surface area contributed by atoms with Crippen LogP contribution in [-0.2, 0) is 4.79 Å². The molecule has 94 valence electrons. The van der Waals surface area contributed by atoms with E-state index >= 15 is 0 Å². The summed E-state index contributed by atoms with van der Waals surface area (Å²) in [5.74, 6) is -1.08. The van der Waals surface area contributed by atoms with Crippen molar-refractivity contribution in [3.63, 3.8) is 0 Å². The maximum atomic E-state index is 11.8. The molecule has 0 atom stereocenters. The van der Waals surface area contributed by atoms with Crippen molar-refractivity contribution < 1.29 is 14.7 Å². The van der Waals surface area contributed by atoms with Crippen molar-refractivity contribution in [3.8, 4) is 0 Å². The Morgan fingerprint density at radius 1 is 1.39 bits per heavy atom. The van der Waals surface area contributed by atoms with Gasteiger partial charge in [0.25, 0.3) is 5.91 Å². The van der Waals surface area contributed by atoms with E-state index in [-0.39, 0.29) is 11.5 Å². The van der Waals surface area contributed by atoms with Crippen molar-refractivity contribution in [2.75, 3.05) is 18.4 Å². The molecule has 1 aliphatic heterocycles. The zero-order valence-corrected chi connectivity index (χ0v) is 9.64. The SMILES string of the molecule is O=C(Nc1cccc(C(=O)O)c1)C1=NCCCN1. The minimum absolute atomic E-state index is 0.131. The zero-order valence-electron chi connectivity index (χ0n) is 9.64. The lowest BCUT2D eigenvalue weighted by Crippen LogP contribution is -2.39. The second-order valence-electron chi connectivity index (χ2n) is 3.85. The predicted molar refractivity (Wildman–Crippen MR) is 67.0 cm³/mol. The number of rotatable bonds is 3. The van der Waals surface area contributed by atoms with Gasteiger partial charge in [0.2, 0.25) is 0 Å². The molecule has 0 bridgehead atoms. The molecule has 1 aromatic carbocycles. The second kappa shape index (κ2) is 5.31. The highest BCUT2D eigenvalue weighted by atomic mass is 16.4. The van der Waals surface area contributed by atoms with E-state index in [1.165, 1.54) is 12.1 Å². The first kappa shape index (κ1) is 12.1. The van der Waals surface area contributed by atoms with E-state index in [1.54, 1.807) is 12.1 Å². The zero-order chi connectivity index (χ0) is 13.0. The molecule has 1 aromatic rings. The number of carbonyl (C=O) groups excluding carboxylic acids is 1. The molecule has 0 saturated carbocycles. The topological polar surface area (TPSA) is 90.8 Å². The first-order valence-electron chi connectivity index (χ1n) is 5.60. The van der Waals surface area contributed by atoms with E-state index in [9.17, 15) is 9.59 Å². The van der Waals surface area contributed by atoms with Gasteiger partial charge in [-0.05, 0) is 24.6 Å². The number of carboxylic acid groups (broad SMARTS) is 1. The van der Waals surface area contributed by atoms with Crippen LogP contribution in [0.2, 0.25) is 0 Å². The van der Waals surface area contributed by atoms with Gasteiger partial charge in [-0.1, -0.05) is 6.07 Å². The van der Waals surface area contributed by atoms with Crippen molar-refractivity contribution >= 4 is 23.4 Å². The Bertz CT molecular complexity index is 511. The molecule has 3 N–H and O–H groups in total. The summed E-state index contributed by atoms with van der Waals surface area (Å²) in [5.41, 5.74) is 0.571. The van der Waals surface area contributed by atoms with E-state index in [4.69, 9.17) is 5.11 Å². The molecule has 0 fully saturated rings. The van der Waals surface area contributed by atoms with Crippen LogP contribution in [0, 0.1) is 0 Å². The number of anilines is 1. The van der Waals surface area contributed by atoms with Crippen molar-refractivity contribution in [3.05, 3.63) is 29.8 Å². The summed E-state index contributed by atoms with van der Waals surface area (Å²) < 4.78 is 0. The molecule has 6 nitrogen and oxygen atoms in total. The first-order valence-corrected chi connectivity index (χ1v) is 5.60. The number of amidine groups is 1. The molecule has 6 heteroatoms. The molecule has 1 amide bonds. The minimum atomic E-state index is -1.03. The lowest BCUT2D eigenvalue weighted by atomic mass is 10.2. The Balaban J connectivity index is 2.09. The molecule has 0 unspecified atom stereocenters. The highest BCUT2D eigenvalue weighted by molar-refractivity contribution is 6.42. The lowest BCUT2D eigenvalue weighted by molar-refractivity contribution is -0.110.